The first kappa shape index (κ1) is 12.8. The maximum Gasteiger partial charge on any atom is 0.125 e. The summed E-state index contributed by atoms with van der Waals surface area (Å²) in [5, 5.41) is 10.4. The molecule has 4 nitrogen and oxygen atoms in total. The Kier molecular flexibility index (Phi) is 4.10. The molecule has 1 aromatic carbocycles. The summed E-state index contributed by atoms with van der Waals surface area (Å²) < 4.78 is 15.7. The normalized spacial score (nSPS) is 16.5. The number of benzene rings is 1. The van der Waals surface area contributed by atoms with Gasteiger partial charge in [0.25, 0.3) is 0 Å². The van der Waals surface area contributed by atoms with Crippen LogP contribution >= 0.6 is 0 Å². The minimum absolute atomic E-state index is 0.648. The van der Waals surface area contributed by atoms with Crippen molar-refractivity contribution in [2.24, 2.45) is 0 Å². The van der Waals surface area contributed by atoms with E-state index in [1.807, 2.05) is 0 Å². The fourth-order valence-electron chi connectivity index (χ4n) is 2.04. The van der Waals surface area contributed by atoms with Crippen LogP contribution in [0, 0.1) is 0 Å². The predicted molar refractivity (Wildman–Crippen MR) is 67.8 cm³/mol. The Morgan fingerprint density at radius 2 is 2.11 bits per heavy atom. The van der Waals surface area contributed by atoms with E-state index in [-0.39, 0.29) is 0 Å². The SMILES string of the molecule is COc1ccc(OC)c(C(O)C2=COCCC2)c1. The minimum Gasteiger partial charge on any atom is -0.501 e. The lowest BCUT2D eigenvalue weighted by Gasteiger charge is -2.21. The molecule has 0 spiro atoms. The van der Waals surface area contributed by atoms with Crippen molar-refractivity contribution in [3.63, 3.8) is 0 Å². The van der Waals surface area contributed by atoms with Gasteiger partial charge in [-0.1, -0.05) is 0 Å². The lowest BCUT2D eigenvalue weighted by molar-refractivity contribution is 0.167. The van der Waals surface area contributed by atoms with Crippen LogP contribution in [-0.4, -0.2) is 25.9 Å². The molecule has 1 aliphatic heterocycles. The van der Waals surface area contributed by atoms with Crippen molar-refractivity contribution in [2.75, 3.05) is 20.8 Å². The first-order valence-electron chi connectivity index (χ1n) is 5.96. The topological polar surface area (TPSA) is 47.9 Å². The highest BCUT2D eigenvalue weighted by atomic mass is 16.5. The van der Waals surface area contributed by atoms with Crippen LogP contribution in [0.25, 0.3) is 0 Å². The molecule has 0 amide bonds. The number of hydrogen-bond acceptors (Lipinski definition) is 4. The van der Waals surface area contributed by atoms with Crippen molar-refractivity contribution in [3.05, 3.63) is 35.6 Å². The summed E-state index contributed by atoms with van der Waals surface area (Å²) in [5.74, 6) is 1.34. The van der Waals surface area contributed by atoms with Crippen molar-refractivity contribution in [2.45, 2.75) is 18.9 Å². The van der Waals surface area contributed by atoms with E-state index in [4.69, 9.17) is 14.2 Å². The van der Waals surface area contributed by atoms with Gasteiger partial charge in [0.2, 0.25) is 0 Å². The van der Waals surface area contributed by atoms with Gasteiger partial charge in [0, 0.05) is 5.56 Å². The molecule has 0 aromatic heterocycles. The van der Waals surface area contributed by atoms with Gasteiger partial charge in [0.15, 0.2) is 0 Å². The van der Waals surface area contributed by atoms with E-state index in [1.54, 1.807) is 38.7 Å². The molecule has 0 saturated heterocycles. The third-order valence-corrected chi connectivity index (χ3v) is 3.05. The summed E-state index contributed by atoms with van der Waals surface area (Å²) >= 11 is 0. The summed E-state index contributed by atoms with van der Waals surface area (Å²) in [4.78, 5) is 0. The van der Waals surface area contributed by atoms with Crippen LogP contribution in [0.1, 0.15) is 24.5 Å². The van der Waals surface area contributed by atoms with E-state index in [0.717, 1.165) is 18.4 Å². The first-order chi connectivity index (χ1) is 8.76. The van der Waals surface area contributed by atoms with Crippen LogP contribution in [0.5, 0.6) is 11.5 Å². The predicted octanol–water partition coefficient (Wildman–Crippen LogP) is 2.43. The second kappa shape index (κ2) is 5.78. The molecule has 0 aliphatic carbocycles. The third kappa shape index (κ3) is 2.59. The Bertz CT molecular complexity index is 439. The van der Waals surface area contributed by atoms with Gasteiger partial charge in [-0.15, -0.1) is 0 Å². The summed E-state index contributed by atoms with van der Waals surface area (Å²) in [6.07, 6.45) is 2.69. The molecule has 0 saturated carbocycles. The van der Waals surface area contributed by atoms with Gasteiger partial charge >= 0.3 is 0 Å². The number of methoxy groups -OCH3 is 2. The minimum atomic E-state index is -0.713. The van der Waals surface area contributed by atoms with E-state index in [9.17, 15) is 5.11 Å². The Labute approximate surface area is 107 Å². The summed E-state index contributed by atoms with van der Waals surface area (Å²) in [7, 11) is 3.19. The summed E-state index contributed by atoms with van der Waals surface area (Å²) in [5.41, 5.74) is 1.57. The van der Waals surface area contributed by atoms with Gasteiger partial charge in [-0.3, -0.25) is 0 Å². The van der Waals surface area contributed by atoms with E-state index < -0.39 is 6.10 Å². The molecule has 0 bridgehead atoms. The number of hydrogen-bond donors (Lipinski definition) is 1. The lowest BCUT2D eigenvalue weighted by atomic mass is 9.97. The fourth-order valence-corrected chi connectivity index (χ4v) is 2.04. The quantitative estimate of drug-likeness (QED) is 0.891. The maximum atomic E-state index is 10.4. The molecule has 98 valence electrons. The van der Waals surface area contributed by atoms with Crippen molar-refractivity contribution in [1.82, 2.24) is 0 Å². The lowest BCUT2D eigenvalue weighted by Crippen LogP contribution is -2.09. The molecule has 1 N–H and O–H groups in total. The van der Waals surface area contributed by atoms with E-state index in [1.165, 1.54) is 0 Å². The van der Waals surface area contributed by atoms with Crippen LogP contribution in [0.15, 0.2) is 30.0 Å². The van der Waals surface area contributed by atoms with Crippen LogP contribution < -0.4 is 9.47 Å². The van der Waals surface area contributed by atoms with E-state index in [0.29, 0.717) is 23.7 Å². The monoisotopic (exact) mass is 250 g/mol. The summed E-state index contributed by atoms with van der Waals surface area (Å²) in [6.45, 7) is 0.714. The molecule has 2 rings (SSSR count). The number of rotatable bonds is 4. The van der Waals surface area contributed by atoms with Crippen LogP contribution in [-0.2, 0) is 4.74 Å². The van der Waals surface area contributed by atoms with Crippen molar-refractivity contribution >= 4 is 0 Å². The van der Waals surface area contributed by atoms with Gasteiger partial charge in [0.05, 0.1) is 27.1 Å². The molecular weight excluding hydrogens is 232 g/mol. The highest BCUT2D eigenvalue weighted by Crippen LogP contribution is 2.35. The second-order valence-corrected chi connectivity index (χ2v) is 4.18. The van der Waals surface area contributed by atoms with Crippen LogP contribution in [0.3, 0.4) is 0 Å². The van der Waals surface area contributed by atoms with E-state index >= 15 is 0 Å². The Balaban J connectivity index is 2.32. The standard InChI is InChI=1S/C14H18O4/c1-16-11-5-6-13(17-2)12(8-11)14(15)10-4-3-7-18-9-10/h5-6,8-9,14-15H,3-4,7H2,1-2H3. The number of ether oxygens (including phenoxy) is 3. The van der Waals surface area contributed by atoms with E-state index in [2.05, 4.69) is 0 Å². The zero-order chi connectivity index (χ0) is 13.0. The molecule has 4 heteroatoms. The molecule has 1 atom stereocenters. The van der Waals surface area contributed by atoms with Crippen LogP contribution in [0.4, 0.5) is 0 Å². The number of aliphatic hydroxyl groups is 1. The van der Waals surface area contributed by atoms with Gasteiger partial charge in [-0.2, -0.15) is 0 Å². The van der Waals surface area contributed by atoms with Crippen molar-refractivity contribution in [3.8, 4) is 11.5 Å². The molecular formula is C14H18O4. The summed E-state index contributed by atoms with van der Waals surface area (Å²) in [6, 6.07) is 5.39. The van der Waals surface area contributed by atoms with Gasteiger partial charge in [-0.25, -0.2) is 0 Å². The Hall–Kier alpha value is -1.68. The highest BCUT2D eigenvalue weighted by molar-refractivity contribution is 5.44. The largest absolute Gasteiger partial charge is 0.501 e. The van der Waals surface area contributed by atoms with Gasteiger partial charge in [-0.05, 0) is 36.6 Å². The van der Waals surface area contributed by atoms with Crippen LogP contribution in [0.2, 0.25) is 0 Å². The Morgan fingerprint density at radius 1 is 1.28 bits per heavy atom. The molecule has 1 heterocycles. The van der Waals surface area contributed by atoms with Gasteiger partial charge < -0.3 is 19.3 Å². The second-order valence-electron chi connectivity index (χ2n) is 4.18. The zero-order valence-electron chi connectivity index (χ0n) is 10.7. The average molecular weight is 250 g/mol. The first-order valence-corrected chi connectivity index (χ1v) is 5.96. The van der Waals surface area contributed by atoms with Crippen molar-refractivity contribution < 1.29 is 19.3 Å². The molecule has 0 fully saturated rings. The maximum absolute atomic E-state index is 10.4. The highest BCUT2D eigenvalue weighted by Gasteiger charge is 2.20. The molecule has 1 aromatic rings. The zero-order valence-corrected chi connectivity index (χ0v) is 10.7. The fraction of sp³-hybridized carbons (Fsp3) is 0.429. The van der Waals surface area contributed by atoms with Gasteiger partial charge in [0.1, 0.15) is 17.6 Å². The molecule has 18 heavy (non-hydrogen) atoms. The Morgan fingerprint density at radius 3 is 2.72 bits per heavy atom. The molecule has 1 unspecified atom stereocenters. The molecule has 0 radical (unpaired) electrons. The smallest absolute Gasteiger partial charge is 0.125 e. The van der Waals surface area contributed by atoms with Crippen molar-refractivity contribution in [1.29, 1.82) is 0 Å². The average Bonchev–Trinajstić information content (AvgIpc) is 2.46. The third-order valence-electron chi connectivity index (χ3n) is 3.05. The number of aliphatic hydroxyl groups excluding tert-OH is 1. The molecule has 1 aliphatic rings.